The average Bonchev–Trinajstić information content (AvgIpc) is 3.33. The number of aromatic nitrogens is 1. The molecular weight excluding hydrogens is 402 g/mol. The maximum atomic E-state index is 12.8. The summed E-state index contributed by atoms with van der Waals surface area (Å²) in [6.07, 6.45) is 6.56. The van der Waals surface area contributed by atoms with E-state index >= 15 is 0 Å². The van der Waals surface area contributed by atoms with Crippen LogP contribution < -0.4 is 10.1 Å². The van der Waals surface area contributed by atoms with Gasteiger partial charge in [-0.15, -0.1) is 0 Å². The molecule has 1 aliphatic carbocycles. The molecule has 2 aromatic rings. The number of hydrogen-bond acceptors (Lipinski definition) is 8. The highest BCUT2D eigenvalue weighted by atomic mass is 32.2. The number of methoxy groups -OCH3 is 1. The highest BCUT2D eigenvalue weighted by Crippen LogP contribution is 2.25. The number of benzene rings is 1. The van der Waals surface area contributed by atoms with Gasteiger partial charge in [0.1, 0.15) is 6.10 Å². The van der Waals surface area contributed by atoms with Gasteiger partial charge in [-0.1, -0.05) is 28.6 Å². The van der Waals surface area contributed by atoms with E-state index in [2.05, 4.69) is 15.5 Å². The number of ether oxygens (including phenoxy) is 1. The van der Waals surface area contributed by atoms with Gasteiger partial charge in [0.15, 0.2) is 25.7 Å². The summed E-state index contributed by atoms with van der Waals surface area (Å²) in [4.78, 5) is 22.6. The van der Waals surface area contributed by atoms with Gasteiger partial charge in [-0.2, -0.15) is 0 Å². The van der Waals surface area contributed by atoms with E-state index in [1.165, 1.54) is 48.9 Å². The van der Waals surface area contributed by atoms with Gasteiger partial charge >= 0.3 is 0 Å². The number of anilines is 1. The van der Waals surface area contributed by atoms with Gasteiger partial charge in [0.2, 0.25) is 0 Å². The molecule has 1 aromatic carbocycles. The van der Waals surface area contributed by atoms with Gasteiger partial charge < -0.3 is 9.57 Å². The van der Waals surface area contributed by atoms with Crippen LogP contribution in [0.25, 0.3) is 0 Å². The minimum Gasteiger partial charge on any atom is -0.486 e. The molecule has 10 heteroatoms. The van der Waals surface area contributed by atoms with E-state index in [-0.39, 0.29) is 16.7 Å². The number of sulfone groups is 1. The molecular formula is C18H21N3O5S2. The van der Waals surface area contributed by atoms with Gasteiger partial charge in [-0.25, -0.2) is 13.4 Å². The average molecular weight is 424 g/mol. The summed E-state index contributed by atoms with van der Waals surface area (Å²) in [5, 5.41) is 7.69. The van der Waals surface area contributed by atoms with Crippen molar-refractivity contribution in [3.05, 3.63) is 36.0 Å². The SMILES string of the molecule is COc1cnc(NC(=O)/C(=N/OC2CCCC2)c2ccc(S(C)(=O)=O)cc2)s1. The van der Waals surface area contributed by atoms with Gasteiger partial charge in [-0.3, -0.25) is 10.1 Å². The smallest absolute Gasteiger partial charge is 0.280 e. The molecule has 1 amide bonds. The van der Waals surface area contributed by atoms with Gasteiger partial charge in [-0.05, 0) is 37.8 Å². The lowest BCUT2D eigenvalue weighted by Crippen LogP contribution is -2.25. The molecule has 0 unspecified atom stereocenters. The highest BCUT2D eigenvalue weighted by molar-refractivity contribution is 7.90. The van der Waals surface area contributed by atoms with Crippen LogP contribution in [0.1, 0.15) is 31.2 Å². The number of oxime groups is 1. The zero-order chi connectivity index (χ0) is 20.1. The standard InChI is InChI=1S/C18H21N3O5S2/c1-25-15-11-19-18(27-15)20-17(22)16(21-26-13-5-3-4-6-13)12-7-9-14(10-8-12)28(2,23)24/h7-11,13H,3-6H2,1-2H3,(H,19,20,22)/b21-16+. The molecule has 0 bridgehead atoms. The third kappa shape index (κ3) is 5.08. The number of amides is 1. The molecule has 0 atom stereocenters. The summed E-state index contributed by atoms with van der Waals surface area (Å²) < 4.78 is 28.4. The first-order valence-electron chi connectivity index (χ1n) is 8.72. The Kier molecular flexibility index (Phi) is 6.30. The molecule has 0 radical (unpaired) electrons. The summed E-state index contributed by atoms with van der Waals surface area (Å²) >= 11 is 1.18. The fourth-order valence-electron chi connectivity index (χ4n) is 2.77. The maximum absolute atomic E-state index is 12.8. The minimum absolute atomic E-state index is 0.0157. The van der Waals surface area contributed by atoms with Crippen molar-refractivity contribution >= 4 is 37.9 Å². The number of hydrogen-bond donors (Lipinski definition) is 1. The van der Waals surface area contributed by atoms with E-state index in [0.717, 1.165) is 31.9 Å². The molecule has 1 aliphatic rings. The molecule has 1 N–H and O–H groups in total. The number of carbonyl (C=O) groups is 1. The van der Waals surface area contributed by atoms with Crippen molar-refractivity contribution in [1.29, 1.82) is 0 Å². The van der Waals surface area contributed by atoms with Gasteiger partial charge in [0, 0.05) is 11.8 Å². The first-order valence-corrected chi connectivity index (χ1v) is 11.4. The van der Waals surface area contributed by atoms with Crippen LogP contribution in [-0.4, -0.2) is 44.5 Å². The Bertz CT molecular complexity index is 961. The number of nitrogens with zero attached hydrogens (tertiary/aromatic N) is 2. The van der Waals surface area contributed by atoms with Crippen molar-refractivity contribution in [3.8, 4) is 5.06 Å². The topological polar surface area (TPSA) is 107 Å². The van der Waals surface area contributed by atoms with Crippen LogP contribution in [0.2, 0.25) is 0 Å². The van der Waals surface area contributed by atoms with Crippen molar-refractivity contribution < 1.29 is 22.8 Å². The van der Waals surface area contributed by atoms with Crippen molar-refractivity contribution in [3.63, 3.8) is 0 Å². The molecule has 1 aromatic heterocycles. The van der Waals surface area contributed by atoms with E-state index in [1.54, 1.807) is 0 Å². The maximum Gasteiger partial charge on any atom is 0.280 e. The molecule has 1 heterocycles. The normalized spacial score (nSPS) is 15.4. The summed E-state index contributed by atoms with van der Waals surface area (Å²) in [6, 6.07) is 5.95. The summed E-state index contributed by atoms with van der Waals surface area (Å²) in [5.74, 6) is -0.498. The minimum atomic E-state index is -3.33. The van der Waals surface area contributed by atoms with Crippen LogP contribution in [0.5, 0.6) is 5.06 Å². The van der Waals surface area contributed by atoms with E-state index in [1.807, 2.05) is 0 Å². The number of carbonyl (C=O) groups excluding carboxylic acids is 1. The molecule has 28 heavy (non-hydrogen) atoms. The molecule has 0 aliphatic heterocycles. The molecule has 8 nitrogen and oxygen atoms in total. The summed E-state index contributed by atoms with van der Waals surface area (Å²) in [6.45, 7) is 0. The van der Waals surface area contributed by atoms with Crippen LogP contribution >= 0.6 is 11.3 Å². The lowest BCUT2D eigenvalue weighted by Gasteiger charge is -2.10. The quantitative estimate of drug-likeness (QED) is 0.542. The second kappa shape index (κ2) is 8.70. The monoisotopic (exact) mass is 423 g/mol. The van der Waals surface area contributed by atoms with Gasteiger partial charge in [0.25, 0.3) is 5.91 Å². The fourth-order valence-corrected chi connectivity index (χ4v) is 4.03. The van der Waals surface area contributed by atoms with Crippen LogP contribution in [0.15, 0.2) is 40.5 Å². The summed E-state index contributed by atoms with van der Waals surface area (Å²) in [5.41, 5.74) is 0.507. The second-order valence-electron chi connectivity index (χ2n) is 6.39. The lowest BCUT2D eigenvalue weighted by atomic mass is 10.1. The largest absolute Gasteiger partial charge is 0.486 e. The third-order valence-corrected chi connectivity index (χ3v) is 6.27. The van der Waals surface area contributed by atoms with Gasteiger partial charge in [0.05, 0.1) is 18.2 Å². The lowest BCUT2D eigenvalue weighted by molar-refractivity contribution is -0.110. The predicted molar refractivity (Wildman–Crippen MR) is 107 cm³/mol. The van der Waals surface area contributed by atoms with Crippen molar-refractivity contribution in [1.82, 2.24) is 4.98 Å². The molecule has 1 fully saturated rings. The number of nitrogens with one attached hydrogen (secondary N) is 1. The molecule has 1 saturated carbocycles. The van der Waals surface area contributed by atoms with E-state index in [9.17, 15) is 13.2 Å². The van der Waals surface area contributed by atoms with Crippen LogP contribution in [0, 0.1) is 0 Å². The first-order chi connectivity index (χ1) is 13.4. The summed E-state index contributed by atoms with van der Waals surface area (Å²) in [7, 11) is -1.81. The van der Waals surface area contributed by atoms with Crippen molar-refractivity contribution in [2.75, 3.05) is 18.7 Å². The Hall–Kier alpha value is -2.46. The van der Waals surface area contributed by atoms with Crippen LogP contribution in [-0.2, 0) is 19.5 Å². The molecule has 0 saturated heterocycles. The fraction of sp³-hybridized carbons (Fsp3) is 0.389. The Morgan fingerprint density at radius 3 is 2.50 bits per heavy atom. The zero-order valence-corrected chi connectivity index (χ0v) is 17.2. The Morgan fingerprint density at radius 2 is 1.93 bits per heavy atom. The highest BCUT2D eigenvalue weighted by Gasteiger charge is 2.21. The number of rotatable bonds is 7. The predicted octanol–water partition coefficient (Wildman–Crippen LogP) is 2.86. The van der Waals surface area contributed by atoms with Crippen molar-refractivity contribution in [2.24, 2.45) is 5.16 Å². The van der Waals surface area contributed by atoms with E-state index in [0.29, 0.717) is 15.8 Å². The van der Waals surface area contributed by atoms with E-state index in [4.69, 9.17) is 9.57 Å². The number of thiazole rings is 1. The molecule has 0 spiro atoms. The molecule has 3 rings (SSSR count). The third-order valence-electron chi connectivity index (χ3n) is 4.27. The Labute approximate surface area is 167 Å². The second-order valence-corrected chi connectivity index (χ2v) is 9.40. The van der Waals surface area contributed by atoms with Crippen LogP contribution in [0.4, 0.5) is 5.13 Å². The molecule has 150 valence electrons. The zero-order valence-electron chi connectivity index (χ0n) is 15.5. The van der Waals surface area contributed by atoms with E-state index < -0.39 is 15.7 Å². The first kappa shape index (κ1) is 20.3. The van der Waals surface area contributed by atoms with Crippen LogP contribution in [0.3, 0.4) is 0 Å². The Balaban J connectivity index is 1.85. The van der Waals surface area contributed by atoms with Crippen molar-refractivity contribution in [2.45, 2.75) is 36.7 Å². The Morgan fingerprint density at radius 1 is 1.25 bits per heavy atom.